The lowest BCUT2D eigenvalue weighted by atomic mass is 10.1. The van der Waals surface area contributed by atoms with E-state index < -0.39 is 5.91 Å². The lowest BCUT2D eigenvalue weighted by Crippen LogP contribution is -2.57. The van der Waals surface area contributed by atoms with E-state index in [1.54, 1.807) is 19.2 Å². The predicted octanol–water partition coefficient (Wildman–Crippen LogP) is -1.30. The Morgan fingerprint density at radius 2 is 2.32 bits per heavy atom. The van der Waals surface area contributed by atoms with Crippen molar-refractivity contribution in [1.29, 1.82) is 0 Å². The van der Waals surface area contributed by atoms with Crippen molar-refractivity contribution in [2.75, 3.05) is 31.6 Å². The Balaban J connectivity index is 2.22. The minimum atomic E-state index is -0.512. The van der Waals surface area contributed by atoms with Crippen molar-refractivity contribution in [2.24, 2.45) is 5.73 Å². The molecule has 1 aliphatic rings. The van der Waals surface area contributed by atoms with Crippen molar-refractivity contribution in [3.63, 3.8) is 0 Å². The molecule has 1 saturated heterocycles. The van der Waals surface area contributed by atoms with Gasteiger partial charge in [-0.3, -0.25) is 9.59 Å². The molecule has 1 fully saturated rings. The fraction of sp³-hybridized carbons (Fsp3) is 0.417. The summed E-state index contributed by atoms with van der Waals surface area (Å²) in [4.78, 5) is 29.0. The molecule has 1 atom stereocenters. The van der Waals surface area contributed by atoms with Crippen LogP contribution in [0.4, 0.5) is 5.82 Å². The van der Waals surface area contributed by atoms with Crippen LogP contribution in [0.3, 0.4) is 0 Å². The van der Waals surface area contributed by atoms with E-state index in [2.05, 4.69) is 15.6 Å². The van der Waals surface area contributed by atoms with E-state index in [9.17, 15) is 9.59 Å². The van der Waals surface area contributed by atoms with Crippen LogP contribution < -0.4 is 21.3 Å². The van der Waals surface area contributed by atoms with Crippen molar-refractivity contribution < 1.29 is 9.59 Å². The highest BCUT2D eigenvalue weighted by molar-refractivity contribution is 5.92. The van der Waals surface area contributed by atoms with Crippen LogP contribution in [0.15, 0.2) is 18.3 Å². The lowest BCUT2D eigenvalue weighted by Gasteiger charge is -2.35. The van der Waals surface area contributed by atoms with Crippen molar-refractivity contribution in [3.05, 3.63) is 23.9 Å². The summed E-state index contributed by atoms with van der Waals surface area (Å²) in [5, 5.41) is 5.82. The number of rotatable bonds is 3. The van der Waals surface area contributed by atoms with Crippen LogP contribution in [-0.4, -0.2) is 49.5 Å². The quantitative estimate of drug-likeness (QED) is 0.629. The van der Waals surface area contributed by atoms with Crippen LogP contribution >= 0.6 is 0 Å². The SMILES string of the molecule is CNC(=O)C1CNCCN1c1ccc(C(N)=O)cn1. The number of nitrogens with two attached hydrogens (primary N) is 1. The molecule has 1 aromatic heterocycles. The number of carbonyl (C=O) groups is 2. The molecule has 0 bridgehead atoms. The number of anilines is 1. The van der Waals surface area contributed by atoms with E-state index in [0.29, 0.717) is 24.5 Å². The fourth-order valence-corrected chi connectivity index (χ4v) is 2.08. The molecule has 0 saturated carbocycles. The molecular weight excluding hydrogens is 246 g/mol. The van der Waals surface area contributed by atoms with Gasteiger partial charge in [-0.1, -0.05) is 0 Å². The lowest BCUT2D eigenvalue weighted by molar-refractivity contribution is -0.122. The van der Waals surface area contributed by atoms with Gasteiger partial charge in [0.25, 0.3) is 0 Å². The molecule has 2 heterocycles. The first-order valence-electron chi connectivity index (χ1n) is 6.08. The largest absolute Gasteiger partial charge is 0.366 e. The molecule has 19 heavy (non-hydrogen) atoms. The average molecular weight is 263 g/mol. The van der Waals surface area contributed by atoms with E-state index in [0.717, 1.165) is 6.54 Å². The molecule has 0 aliphatic carbocycles. The number of likely N-dealkylation sites (N-methyl/N-ethyl adjacent to an activating group) is 1. The Labute approximate surface area is 111 Å². The van der Waals surface area contributed by atoms with Gasteiger partial charge in [-0.05, 0) is 12.1 Å². The fourth-order valence-electron chi connectivity index (χ4n) is 2.08. The summed E-state index contributed by atoms with van der Waals surface area (Å²) in [6.07, 6.45) is 1.43. The van der Waals surface area contributed by atoms with E-state index in [-0.39, 0.29) is 11.9 Å². The van der Waals surface area contributed by atoms with Gasteiger partial charge in [0.1, 0.15) is 11.9 Å². The second-order valence-corrected chi connectivity index (χ2v) is 4.30. The average Bonchev–Trinajstić information content (AvgIpc) is 2.46. The van der Waals surface area contributed by atoms with E-state index in [4.69, 9.17) is 5.73 Å². The molecule has 1 aliphatic heterocycles. The highest BCUT2D eigenvalue weighted by Gasteiger charge is 2.28. The Morgan fingerprint density at radius 3 is 2.89 bits per heavy atom. The molecule has 7 heteroatoms. The number of carbonyl (C=O) groups excluding carboxylic acids is 2. The summed E-state index contributed by atoms with van der Waals surface area (Å²) < 4.78 is 0. The topological polar surface area (TPSA) is 100 Å². The maximum atomic E-state index is 11.8. The number of hydrogen-bond acceptors (Lipinski definition) is 5. The molecule has 0 spiro atoms. The summed E-state index contributed by atoms with van der Waals surface area (Å²) in [6.45, 7) is 2.03. The van der Waals surface area contributed by atoms with Crippen molar-refractivity contribution in [2.45, 2.75) is 6.04 Å². The number of nitrogens with zero attached hydrogens (tertiary/aromatic N) is 2. The van der Waals surface area contributed by atoms with Crippen LogP contribution in [0, 0.1) is 0 Å². The van der Waals surface area contributed by atoms with E-state index >= 15 is 0 Å². The zero-order chi connectivity index (χ0) is 13.8. The number of amides is 2. The molecule has 7 nitrogen and oxygen atoms in total. The summed E-state index contributed by atoms with van der Waals surface area (Å²) in [6, 6.07) is 3.03. The van der Waals surface area contributed by atoms with Crippen molar-refractivity contribution in [3.8, 4) is 0 Å². The normalized spacial score (nSPS) is 19.0. The Morgan fingerprint density at radius 1 is 1.53 bits per heavy atom. The molecule has 1 unspecified atom stereocenters. The molecule has 0 aromatic carbocycles. The minimum absolute atomic E-state index is 0.0621. The minimum Gasteiger partial charge on any atom is -0.366 e. The third-order valence-electron chi connectivity index (χ3n) is 3.12. The van der Waals surface area contributed by atoms with Gasteiger partial charge in [-0.15, -0.1) is 0 Å². The smallest absolute Gasteiger partial charge is 0.250 e. The molecular formula is C12H17N5O2. The molecule has 0 radical (unpaired) electrons. The molecule has 2 rings (SSSR count). The molecule has 1 aromatic rings. The van der Waals surface area contributed by atoms with Crippen molar-refractivity contribution >= 4 is 17.6 Å². The van der Waals surface area contributed by atoms with Gasteiger partial charge in [0, 0.05) is 32.9 Å². The molecule has 102 valence electrons. The summed E-state index contributed by atoms with van der Waals surface area (Å²) in [5.41, 5.74) is 5.53. The first-order valence-corrected chi connectivity index (χ1v) is 6.08. The second kappa shape index (κ2) is 5.66. The Kier molecular flexibility index (Phi) is 3.96. The van der Waals surface area contributed by atoms with Gasteiger partial charge in [-0.25, -0.2) is 4.98 Å². The van der Waals surface area contributed by atoms with Gasteiger partial charge in [0.05, 0.1) is 5.56 Å². The highest BCUT2D eigenvalue weighted by Crippen LogP contribution is 2.16. The zero-order valence-electron chi connectivity index (χ0n) is 10.7. The monoisotopic (exact) mass is 263 g/mol. The van der Waals surface area contributed by atoms with Crippen LogP contribution in [-0.2, 0) is 4.79 Å². The van der Waals surface area contributed by atoms with E-state index in [1.165, 1.54) is 6.20 Å². The van der Waals surface area contributed by atoms with Gasteiger partial charge in [0.2, 0.25) is 11.8 Å². The van der Waals surface area contributed by atoms with E-state index in [1.807, 2.05) is 4.90 Å². The van der Waals surface area contributed by atoms with Crippen LogP contribution in [0.2, 0.25) is 0 Å². The van der Waals surface area contributed by atoms with Crippen LogP contribution in [0.5, 0.6) is 0 Å². The number of primary amides is 1. The number of piperazine rings is 1. The van der Waals surface area contributed by atoms with Gasteiger partial charge in [0.15, 0.2) is 0 Å². The van der Waals surface area contributed by atoms with Crippen molar-refractivity contribution in [1.82, 2.24) is 15.6 Å². The molecule has 4 N–H and O–H groups in total. The Bertz CT molecular complexity index is 474. The highest BCUT2D eigenvalue weighted by atomic mass is 16.2. The third-order valence-corrected chi connectivity index (χ3v) is 3.12. The number of hydrogen-bond donors (Lipinski definition) is 3. The maximum absolute atomic E-state index is 11.8. The first kappa shape index (κ1) is 13.3. The van der Waals surface area contributed by atoms with Crippen LogP contribution in [0.25, 0.3) is 0 Å². The summed E-state index contributed by atoms with van der Waals surface area (Å²) in [7, 11) is 1.61. The molecule has 2 amide bonds. The number of pyridine rings is 1. The predicted molar refractivity (Wildman–Crippen MR) is 70.8 cm³/mol. The van der Waals surface area contributed by atoms with Gasteiger partial charge in [-0.2, -0.15) is 0 Å². The summed E-state index contributed by atoms with van der Waals surface area (Å²) >= 11 is 0. The number of nitrogens with one attached hydrogen (secondary N) is 2. The zero-order valence-corrected chi connectivity index (χ0v) is 10.7. The first-order chi connectivity index (χ1) is 9.13. The summed E-state index contributed by atoms with van der Waals surface area (Å²) in [5.74, 6) is 0.0929. The van der Waals surface area contributed by atoms with Gasteiger partial charge >= 0.3 is 0 Å². The van der Waals surface area contributed by atoms with Crippen LogP contribution in [0.1, 0.15) is 10.4 Å². The van der Waals surface area contributed by atoms with Gasteiger partial charge < -0.3 is 21.3 Å². The second-order valence-electron chi connectivity index (χ2n) is 4.30. The Hall–Kier alpha value is -2.15. The maximum Gasteiger partial charge on any atom is 0.250 e. The number of aromatic nitrogens is 1. The third kappa shape index (κ3) is 2.82. The standard InChI is InChI=1S/C12H17N5O2/c1-14-12(19)9-7-15-4-5-17(9)10-3-2-8(6-16-10)11(13)18/h2-3,6,9,15H,4-5,7H2,1H3,(H2,13,18)(H,14,19).